The Labute approximate surface area is 83.2 Å². The van der Waals surface area contributed by atoms with Crippen LogP contribution in [0.1, 0.15) is 12.5 Å². The third-order valence-corrected chi connectivity index (χ3v) is 2.28. The summed E-state index contributed by atoms with van der Waals surface area (Å²) in [5.74, 6) is 0.584. The molecule has 0 spiro atoms. The van der Waals surface area contributed by atoms with Crippen LogP contribution in [0.5, 0.6) is 0 Å². The van der Waals surface area contributed by atoms with Crippen molar-refractivity contribution in [2.24, 2.45) is 0 Å². The second-order valence-electron chi connectivity index (χ2n) is 3.15. The molecule has 0 saturated carbocycles. The lowest BCUT2D eigenvalue weighted by Crippen LogP contribution is -2.03. The van der Waals surface area contributed by atoms with E-state index in [1.165, 1.54) is 5.56 Å². The van der Waals surface area contributed by atoms with Gasteiger partial charge in [0.1, 0.15) is 5.82 Å². The SMILES string of the molecule is CCc1ccnc(N)c1-n1cccc1. The molecule has 3 nitrogen and oxygen atoms in total. The molecule has 72 valence electrons. The van der Waals surface area contributed by atoms with Crippen molar-refractivity contribution >= 4 is 5.82 Å². The third-order valence-electron chi connectivity index (χ3n) is 2.28. The largest absolute Gasteiger partial charge is 0.382 e. The van der Waals surface area contributed by atoms with Crippen molar-refractivity contribution in [2.45, 2.75) is 13.3 Å². The van der Waals surface area contributed by atoms with Crippen LogP contribution in [-0.4, -0.2) is 9.55 Å². The fraction of sp³-hybridized carbons (Fsp3) is 0.182. The van der Waals surface area contributed by atoms with E-state index in [2.05, 4.69) is 11.9 Å². The highest BCUT2D eigenvalue weighted by molar-refractivity contribution is 5.57. The van der Waals surface area contributed by atoms with E-state index in [-0.39, 0.29) is 0 Å². The summed E-state index contributed by atoms with van der Waals surface area (Å²) in [6.45, 7) is 2.11. The summed E-state index contributed by atoms with van der Waals surface area (Å²) in [4.78, 5) is 4.10. The minimum Gasteiger partial charge on any atom is -0.382 e. The maximum absolute atomic E-state index is 5.86. The summed E-state index contributed by atoms with van der Waals surface area (Å²) >= 11 is 0. The van der Waals surface area contributed by atoms with E-state index in [9.17, 15) is 0 Å². The van der Waals surface area contributed by atoms with Gasteiger partial charge in [0, 0.05) is 18.6 Å². The molecule has 2 aromatic rings. The molecule has 2 aromatic heterocycles. The average molecular weight is 187 g/mol. The molecule has 0 amide bonds. The van der Waals surface area contributed by atoms with Crippen LogP contribution in [0.15, 0.2) is 36.8 Å². The summed E-state index contributed by atoms with van der Waals surface area (Å²) in [7, 11) is 0. The molecule has 0 aliphatic heterocycles. The van der Waals surface area contributed by atoms with E-state index in [1.807, 2.05) is 35.2 Å². The summed E-state index contributed by atoms with van der Waals surface area (Å²) in [5.41, 5.74) is 8.07. The Hall–Kier alpha value is -1.77. The number of pyridine rings is 1. The Morgan fingerprint density at radius 3 is 2.71 bits per heavy atom. The van der Waals surface area contributed by atoms with Gasteiger partial charge in [-0.05, 0) is 30.2 Å². The van der Waals surface area contributed by atoms with Gasteiger partial charge in [0.25, 0.3) is 0 Å². The number of aromatic nitrogens is 2. The van der Waals surface area contributed by atoms with Gasteiger partial charge >= 0.3 is 0 Å². The minimum atomic E-state index is 0.584. The molecule has 2 rings (SSSR count). The van der Waals surface area contributed by atoms with Crippen LogP contribution < -0.4 is 5.73 Å². The molecule has 0 bridgehead atoms. The monoisotopic (exact) mass is 187 g/mol. The van der Waals surface area contributed by atoms with Crippen molar-refractivity contribution in [3.63, 3.8) is 0 Å². The van der Waals surface area contributed by atoms with Crippen LogP contribution in [0.3, 0.4) is 0 Å². The number of nitrogens with two attached hydrogens (primary N) is 1. The smallest absolute Gasteiger partial charge is 0.147 e. The highest BCUT2D eigenvalue weighted by Crippen LogP contribution is 2.20. The lowest BCUT2D eigenvalue weighted by atomic mass is 10.1. The zero-order valence-electron chi connectivity index (χ0n) is 8.14. The summed E-state index contributed by atoms with van der Waals surface area (Å²) < 4.78 is 2.00. The molecule has 2 N–H and O–H groups in total. The van der Waals surface area contributed by atoms with Crippen molar-refractivity contribution in [1.82, 2.24) is 9.55 Å². The maximum Gasteiger partial charge on any atom is 0.147 e. The average Bonchev–Trinajstić information content (AvgIpc) is 2.70. The van der Waals surface area contributed by atoms with Gasteiger partial charge in [0.15, 0.2) is 0 Å². The van der Waals surface area contributed by atoms with Crippen LogP contribution in [-0.2, 0) is 6.42 Å². The predicted octanol–water partition coefficient (Wildman–Crippen LogP) is 2.02. The first-order valence-corrected chi connectivity index (χ1v) is 4.69. The second-order valence-corrected chi connectivity index (χ2v) is 3.15. The summed E-state index contributed by atoms with van der Waals surface area (Å²) in [6, 6.07) is 5.96. The first-order chi connectivity index (χ1) is 6.83. The first kappa shape index (κ1) is 8.81. The molecule has 0 fully saturated rings. The van der Waals surface area contributed by atoms with Gasteiger partial charge in [-0.1, -0.05) is 6.92 Å². The van der Waals surface area contributed by atoms with Crippen LogP contribution in [0.4, 0.5) is 5.82 Å². The van der Waals surface area contributed by atoms with Crippen molar-refractivity contribution in [3.05, 3.63) is 42.4 Å². The Kier molecular flexibility index (Phi) is 2.23. The molecular weight excluding hydrogens is 174 g/mol. The molecule has 0 unspecified atom stereocenters. The number of hydrogen-bond donors (Lipinski definition) is 1. The molecule has 0 aliphatic rings. The minimum absolute atomic E-state index is 0.584. The molecule has 14 heavy (non-hydrogen) atoms. The number of nitrogen functional groups attached to an aromatic ring is 1. The molecular formula is C11H13N3. The summed E-state index contributed by atoms with van der Waals surface area (Å²) in [5, 5.41) is 0. The van der Waals surface area contributed by atoms with Gasteiger partial charge in [-0.25, -0.2) is 4.98 Å². The van der Waals surface area contributed by atoms with E-state index in [4.69, 9.17) is 5.73 Å². The zero-order valence-corrected chi connectivity index (χ0v) is 8.14. The van der Waals surface area contributed by atoms with Crippen LogP contribution in [0.25, 0.3) is 5.69 Å². The Morgan fingerprint density at radius 1 is 1.36 bits per heavy atom. The van der Waals surface area contributed by atoms with E-state index in [0.29, 0.717) is 5.82 Å². The number of nitrogens with zero attached hydrogens (tertiary/aromatic N) is 2. The standard InChI is InChI=1S/C11H13N3/c1-2-9-5-6-13-11(12)10(9)14-7-3-4-8-14/h3-8H,2H2,1H3,(H2,12,13). The Balaban J connectivity index is 2.61. The molecule has 0 aromatic carbocycles. The van der Waals surface area contributed by atoms with Gasteiger partial charge in [-0.3, -0.25) is 0 Å². The van der Waals surface area contributed by atoms with Crippen molar-refractivity contribution < 1.29 is 0 Å². The molecule has 2 heterocycles. The second kappa shape index (κ2) is 3.54. The number of hydrogen-bond acceptors (Lipinski definition) is 2. The zero-order chi connectivity index (χ0) is 9.97. The fourth-order valence-corrected chi connectivity index (χ4v) is 1.58. The highest BCUT2D eigenvalue weighted by Gasteiger charge is 2.06. The summed E-state index contributed by atoms with van der Waals surface area (Å²) in [6.07, 6.45) is 6.67. The quantitative estimate of drug-likeness (QED) is 0.781. The number of rotatable bonds is 2. The van der Waals surface area contributed by atoms with Gasteiger partial charge in [0.2, 0.25) is 0 Å². The van der Waals surface area contributed by atoms with Crippen LogP contribution in [0, 0.1) is 0 Å². The normalized spacial score (nSPS) is 10.4. The lowest BCUT2D eigenvalue weighted by molar-refractivity contribution is 1.00. The van der Waals surface area contributed by atoms with E-state index < -0.39 is 0 Å². The van der Waals surface area contributed by atoms with Crippen LogP contribution >= 0.6 is 0 Å². The lowest BCUT2D eigenvalue weighted by Gasteiger charge is -2.10. The number of anilines is 1. The molecule has 0 aliphatic carbocycles. The van der Waals surface area contributed by atoms with Crippen molar-refractivity contribution in [1.29, 1.82) is 0 Å². The van der Waals surface area contributed by atoms with Crippen molar-refractivity contribution in [2.75, 3.05) is 5.73 Å². The van der Waals surface area contributed by atoms with Gasteiger partial charge < -0.3 is 10.3 Å². The van der Waals surface area contributed by atoms with E-state index >= 15 is 0 Å². The van der Waals surface area contributed by atoms with Crippen LogP contribution in [0.2, 0.25) is 0 Å². The molecule has 0 atom stereocenters. The molecule has 3 heteroatoms. The van der Waals surface area contributed by atoms with Gasteiger partial charge in [-0.2, -0.15) is 0 Å². The van der Waals surface area contributed by atoms with E-state index in [0.717, 1.165) is 12.1 Å². The molecule has 0 saturated heterocycles. The highest BCUT2D eigenvalue weighted by atomic mass is 15.0. The predicted molar refractivity (Wildman–Crippen MR) is 57.4 cm³/mol. The number of aryl methyl sites for hydroxylation is 1. The van der Waals surface area contributed by atoms with Crippen molar-refractivity contribution in [3.8, 4) is 5.69 Å². The third kappa shape index (κ3) is 1.37. The molecule has 0 radical (unpaired) electrons. The van der Waals surface area contributed by atoms with Gasteiger partial charge in [0.05, 0.1) is 5.69 Å². The van der Waals surface area contributed by atoms with E-state index in [1.54, 1.807) is 6.20 Å². The first-order valence-electron chi connectivity index (χ1n) is 4.69. The Bertz CT molecular complexity index is 418. The maximum atomic E-state index is 5.86. The Morgan fingerprint density at radius 2 is 2.07 bits per heavy atom. The fourth-order valence-electron chi connectivity index (χ4n) is 1.58. The van der Waals surface area contributed by atoms with Gasteiger partial charge in [-0.15, -0.1) is 0 Å². The topological polar surface area (TPSA) is 43.8 Å².